The third-order valence-corrected chi connectivity index (χ3v) is 5.32. The highest BCUT2D eigenvalue weighted by atomic mass is 32.2. The van der Waals surface area contributed by atoms with Gasteiger partial charge in [0, 0.05) is 12.1 Å². The maximum atomic E-state index is 12.1. The van der Waals surface area contributed by atoms with E-state index in [1.54, 1.807) is 0 Å². The van der Waals surface area contributed by atoms with Crippen molar-refractivity contribution in [3.63, 3.8) is 0 Å². The smallest absolute Gasteiger partial charge is 0.387 e. The molecule has 3 rings (SSSR count). The molecule has 0 atom stereocenters. The molecule has 1 saturated carbocycles. The molecule has 9 heteroatoms. The highest BCUT2D eigenvalue weighted by molar-refractivity contribution is 7.99. The van der Waals surface area contributed by atoms with Gasteiger partial charge in [-0.2, -0.15) is 8.78 Å². The van der Waals surface area contributed by atoms with Crippen molar-refractivity contribution >= 4 is 23.4 Å². The first-order valence-electron chi connectivity index (χ1n) is 8.97. The van der Waals surface area contributed by atoms with Crippen LogP contribution in [-0.2, 0) is 11.2 Å². The predicted molar refractivity (Wildman–Crippen MR) is 99.1 cm³/mol. The Kier molecular flexibility index (Phi) is 7.03. The molecule has 1 aliphatic carbocycles. The number of thioether (sulfide) groups is 1. The van der Waals surface area contributed by atoms with E-state index in [2.05, 4.69) is 25.2 Å². The SMILES string of the molecule is O=C(CSc1n[nH]c(CCC2CCCC2)n1)Nc1ccc(OC(F)F)cc1. The Morgan fingerprint density at radius 2 is 2.04 bits per heavy atom. The molecule has 1 fully saturated rings. The van der Waals surface area contributed by atoms with Crippen molar-refractivity contribution in [1.82, 2.24) is 15.2 Å². The van der Waals surface area contributed by atoms with Gasteiger partial charge in [0.15, 0.2) is 0 Å². The van der Waals surface area contributed by atoms with Gasteiger partial charge in [0.2, 0.25) is 11.1 Å². The zero-order chi connectivity index (χ0) is 19.1. The molecule has 6 nitrogen and oxygen atoms in total. The summed E-state index contributed by atoms with van der Waals surface area (Å²) in [6.45, 7) is -2.87. The maximum Gasteiger partial charge on any atom is 0.387 e. The van der Waals surface area contributed by atoms with E-state index in [0.29, 0.717) is 10.8 Å². The molecule has 0 saturated heterocycles. The summed E-state index contributed by atoms with van der Waals surface area (Å²) in [5.41, 5.74) is 0.509. The van der Waals surface area contributed by atoms with E-state index in [4.69, 9.17) is 0 Å². The number of hydrogen-bond acceptors (Lipinski definition) is 5. The molecular weight excluding hydrogens is 374 g/mol. The molecule has 1 amide bonds. The van der Waals surface area contributed by atoms with Gasteiger partial charge in [-0.3, -0.25) is 9.89 Å². The van der Waals surface area contributed by atoms with Gasteiger partial charge < -0.3 is 10.1 Å². The van der Waals surface area contributed by atoms with Gasteiger partial charge in [-0.15, -0.1) is 5.10 Å². The van der Waals surface area contributed by atoms with E-state index in [9.17, 15) is 13.6 Å². The second-order valence-electron chi connectivity index (χ2n) is 6.49. The average molecular weight is 396 g/mol. The highest BCUT2D eigenvalue weighted by Gasteiger charge is 2.16. The van der Waals surface area contributed by atoms with Crippen LogP contribution in [0.15, 0.2) is 29.4 Å². The summed E-state index contributed by atoms with van der Waals surface area (Å²) in [6, 6.07) is 5.77. The van der Waals surface area contributed by atoms with E-state index in [1.165, 1.54) is 61.7 Å². The van der Waals surface area contributed by atoms with Crippen molar-refractivity contribution in [3.05, 3.63) is 30.1 Å². The number of rotatable bonds is 9. The Morgan fingerprint density at radius 1 is 1.30 bits per heavy atom. The summed E-state index contributed by atoms with van der Waals surface area (Å²) in [5, 5.41) is 10.3. The van der Waals surface area contributed by atoms with Crippen molar-refractivity contribution in [3.8, 4) is 5.75 Å². The first kappa shape index (κ1) is 19.6. The Labute approximate surface area is 160 Å². The fraction of sp³-hybridized carbons (Fsp3) is 0.500. The van der Waals surface area contributed by atoms with Gasteiger partial charge in [0.25, 0.3) is 0 Å². The van der Waals surface area contributed by atoms with Crippen molar-refractivity contribution in [2.45, 2.75) is 50.3 Å². The molecule has 0 aliphatic heterocycles. The number of halogens is 2. The van der Waals surface area contributed by atoms with Crippen LogP contribution in [0.2, 0.25) is 0 Å². The predicted octanol–water partition coefficient (Wildman–Crippen LogP) is 4.26. The van der Waals surface area contributed by atoms with Crippen LogP contribution >= 0.6 is 11.8 Å². The third kappa shape index (κ3) is 6.50. The number of benzene rings is 1. The number of carbonyl (C=O) groups is 1. The molecule has 0 bridgehead atoms. The van der Waals surface area contributed by atoms with Crippen molar-refractivity contribution in [1.29, 1.82) is 0 Å². The van der Waals surface area contributed by atoms with Crippen LogP contribution in [0.5, 0.6) is 5.75 Å². The molecule has 0 spiro atoms. The minimum atomic E-state index is -2.87. The molecule has 2 N–H and O–H groups in total. The van der Waals surface area contributed by atoms with Gasteiger partial charge in [-0.1, -0.05) is 37.4 Å². The lowest BCUT2D eigenvalue weighted by Gasteiger charge is -2.07. The zero-order valence-corrected chi connectivity index (χ0v) is 15.6. The second-order valence-corrected chi connectivity index (χ2v) is 7.44. The minimum absolute atomic E-state index is 0.0447. The molecule has 1 aliphatic rings. The molecule has 1 aromatic heterocycles. The highest BCUT2D eigenvalue weighted by Crippen LogP contribution is 2.28. The Bertz CT molecular complexity index is 733. The summed E-state index contributed by atoms with van der Waals surface area (Å²) in [7, 11) is 0. The van der Waals surface area contributed by atoms with Crippen molar-refractivity contribution in [2.24, 2.45) is 5.92 Å². The minimum Gasteiger partial charge on any atom is -0.435 e. The summed E-state index contributed by atoms with van der Waals surface area (Å²) >= 11 is 1.25. The first-order valence-corrected chi connectivity index (χ1v) is 9.96. The van der Waals surface area contributed by atoms with E-state index in [0.717, 1.165) is 24.6 Å². The summed E-state index contributed by atoms with van der Waals surface area (Å²) in [5.74, 6) is 1.65. The number of H-pyrrole nitrogens is 1. The number of anilines is 1. The van der Waals surface area contributed by atoms with Crippen molar-refractivity contribution in [2.75, 3.05) is 11.1 Å². The molecule has 27 heavy (non-hydrogen) atoms. The molecule has 146 valence electrons. The number of carbonyl (C=O) groups excluding carboxylic acids is 1. The second kappa shape index (κ2) is 9.68. The normalized spacial score (nSPS) is 14.6. The number of amides is 1. The molecule has 0 radical (unpaired) electrons. The van der Waals surface area contributed by atoms with Gasteiger partial charge in [0.1, 0.15) is 11.6 Å². The number of aryl methyl sites for hydroxylation is 1. The monoisotopic (exact) mass is 396 g/mol. The van der Waals surface area contributed by atoms with Gasteiger partial charge in [-0.05, 0) is 36.6 Å². The van der Waals surface area contributed by atoms with Crippen LogP contribution in [0.3, 0.4) is 0 Å². The zero-order valence-electron chi connectivity index (χ0n) is 14.8. The largest absolute Gasteiger partial charge is 0.435 e. The molecule has 1 heterocycles. The Hall–Kier alpha value is -2.16. The molecule has 1 aromatic carbocycles. The van der Waals surface area contributed by atoms with E-state index in [-0.39, 0.29) is 17.4 Å². The van der Waals surface area contributed by atoms with Crippen molar-refractivity contribution < 1.29 is 18.3 Å². The van der Waals surface area contributed by atoms with Gasteiger partial charge in [0.05, 0.1) is 5.75 Å². The standard InChI is InChI=1S/C18H22F2N4O2S/c19-17(20)26-14-8-6-13(7-9-14)21-16(25)11-27-18-22-15(23-24-18)10-5-12-3-1-2-4-12/h6-9,12,17H,1-5,10-11H2,(H,21,25)(H,22,23,24). The fourth-order valence-corrected chi connectivity index (χ4v) is 3.76. The van der Waals surface area contributed by atoms with Crippen LogP contribution in [0.25, 0.3) is 0 Å². The molecule has 2 aromatic rings. The third-order valence-electron chi connectivity index (χ3n) is 4.47. The summed E-state index contributed by atoms with van der Waals surface area (Å²) in [6.07, 6.45) is 7.30. The van der Waals surface area contributed by atoms with Crippen LogP contribution in [0.1, 0.15) is 37.9 Å². The van der Waals surface area contributed by atoms with E-state index >= 15 is 0 Å². The fourth-order valence-electron chi connectivity index (χ4n) is 3.14. The van der Waals surface area contributed by atoms with Crippen LogP contribution in [0, 0.1) is 5.92 Å². The lowest BCUT2D eigenvalue weighted by Crippen LogP contribution is -2.14. The van der Waals surface area contributed by atoms with E-state index < -0.39 is 6.61 Å². The molecule has 0 unspecified atom stereocenters. The average Bonchev–Trinajstić information content (AvgIpc) is 3.31. The van der Waals surface area contributed by atoms with Crippen LogP contribution in [0.4, 0.5) is 14.5 Å². The maximum absolute atomic E-state index is 12.1. The Balaban J connectivity index is 1.39. The number of aromatic amines is 1. The lowest BCUT2D eigenvalue weighted by atomic mass is 10.0. The number of hydrogen-bond donors (Lipinski definition) is 2. The number of nitrogens with one attached hydrogen (secondary N) is 2. The van der Waals surface area contributed by atoms with Gasteiger partial charge >= 0.3 is 6.61 Å². The van der Waals surface area contributed by atoms with Crippen LogP contribution in [-0.4, -0.2) is 33.5 Å². The van der Waals surface area contributed by atoms with Crippen LogP contribution < -0.4 is 10.1 Å². The number of nitrogens with zero attached hydrogens (tertiary/aromatic N) is 2. The number of alkyl halides is 2. The topological polar surface area (TPSA) is 79.9 Å². The first-order chi connectivity index (χ1) is 13.1. The quantitative estimate of drug-likeness (QED) is 0.619. The number of aromatic nitrogens is 3. The van der Waals surface area contributed by atoms with E-state index in [1.807, 2.05) is 0 Å². The molecular formula is C18H22F2N4O2S. The van der Waals surface area contributed by atoms with Gasteiger partial charge in [-0.25, -0.2) is 4.98 Å². The number of ether oxygens (including phenoxy) is 1. The lowest BCUT2D eigenvalue weighted by molar-refractivity contribution is -0.113. The summed E-state index contributed by atoms with van der Waals surface area (Å²) < 4.78 is 28.5. The Morgan fingerprint density at radius 3 is 2.74 bits per heavy atom. The summed E-state index contributed by atoms with van der Waals surface area (Å²) in [4.78, 5) is 16.4.